The average Bonchev–Trinajstić information content (AvgIpc) is 2.99. The molecule has 2 bridgehead atoms. The van der Waals surface area contributed by atoms with E-state index in [1.807, 2.05) is 0 Å². The van der Waals surface area contributed by atoms with E-state index in [0.29, 0.717) is 0 Å². The molecule has 24 heavy (non-hydrogen) atoms. The van der Waals surface area contributed by atoms with Gasteiger partial charge >= 0.3 is 12.1 Å². The van der Waals surface area contributed by atoms with Crippen LogP contribution in [0.15, 0.2) is 36.4 Å². The Labute approximate surface area is 135 Å². The maximum Gasteiger partial charge on any atom is 0.416 e. The van der Waals surface area contributed by atoms with E-state index in [4.69, 9.17) is 4.74 Å². The highest BCUT2D eigenvalue weighted by atomic mass is 19.4. The number of amides is 1. The normalized spacial score (nSPS) is 31.2. The summed E-state index contributed by atoms with van der Waals surface area (Å²) < 4.78 is 43.8. The summed E-state index contributed by atoms with van der Waals surface area (Å²) in [6.07, 6.45) is -2.04. The van der Waals surface area contributed by atoms with E-state index in [0.717, 1.165) is 12.1 Å². The summed E-state index contributed by atoms with van der Waals surface area (Å²) in [4.78, 5) is 24.0. The molecule has 0 unspecified atom stereocenters. The Bertz CT molecular complexity index is 730. The minimum Gasteiger partial charge on any atom is -0.481 e. The van der Waals surface area contributed by atoms with Crippen molar-refractivity contribution in [2.45, 2.75) is 24.8 Å². The Balaban J connectivity index is 1.85. The summed E-state index contributed by atoms with van der Waals surface area (Å²) >= 11 is 0. The number of carboxylic acids is 1. The molecule has 128 valence electrons. The highest BCUT2D eigenvalue weighted by Gasteiger charge is 2.59. The van der Waals surface area contributed by atoms with Crippen LogP contribution in [0.3, 0.4) is 0 Å². The second-order valence-electron chi connectivity index (χ2n) is 6.03. The molecule has 0 aromatic heterocycles. The maximum absolute atomic E-state index is 12.7. The Morgan fingerprint density at radius 3 is 2.67 bits per heavy atom. The van der Waals surface area contributed by atoms with E-state index >= 15 is 0 Å². The largest absolute Gasteiger partial charge is 0.481 e. The summed E-state index contributed by atoms with van der Waals surface area (Å²) in [5, 5.41) is 11.7. The minimum atomic E-state index is -4.53. The number of hydrogen-bond acceptors (Lipinski definition) is 3. The smallest absolute Gasteiger partial charge is 0.416 e. The van der Waals surface area contributed by atoms with E-state index in [-0.39, 0.29) is 5.69 Å². The number of anilines is 1. The highest BCUT2D eigenvalue weighted by molar-refractivity contribution is 5.97. The van der Waals surface area contributed by atoms with Crippen molar-refractivity contribution in [2.75, 3.05) is 5.32 Å². The zero-order valence-corrected chi connectivity index (χ0v) is 12.5. The molecule has 1 fully saturated rings. The van der Waals surface area contributed by atoms with Gasteiger partial charge in [-0.25, -0.2) is 0 Å². The monoisotopic (exact) mass is 341 g/mol. The first kappa shape index (κ1) is 16.5. The van der Waals surface area contributed by atoms with Gasteiger partial charge in [-0.1, -0.05) is 18.2 Å². The van der Waals surface area contributed by atoms with Gasteiger partial charge in [0, 0.05) is 5.69 Å². The van der Waals surface area contributed by atoms with Gasteiger partial charge < -0.3 is 15.2 Å². The molecule has 4 atom stereocenters. The van der Waals surface area contributed by atoms with Crippen molar-refractivity contribution < 1.29 is 32.6 Å². The van der Waals surface area contributed by atoms with Crippen molar-refractivity contribution in [1.29, 1.82) is 0 Å². The van der Waals surface area contributed by atoms with Gasteiger partial charge in [-0.3, -0.25) is 9.59 Å². The van der Waals surface area contributed by atoms with Crippen LogP contribution in [0.4, 0.5) is 18.9 Å². The number of ether oxygens (including phenoxy) is 1. The summed E-state index contributed by atoms with van der Waals surface area (Å²) in [5.41, 5.74) is -2.03. The predicted octanol–water partition coefficient (Wildman–Crippen LogP) is 2.69. The molecule has 2 N–H and O–H groups in total. The van der Waals surface area contributed by atoms with Gasteiger partial charge in [0.15, 0.2) is 0 Å². The third-order valence-electron chi connectivity index (χ3n) is 4.36. The molecule has 8 heteroatoms. The fourth-order valence-electron chi connectivity index (χ4n) is 3.27. The number of carbonyl (C=O) groups is 2. The van der Waals surface area contributed by atoms with E-state index < -0.39 is 47.2 Å². The van der Waals surface area contributed by atoms with Crippen molar-refractivity contribution in [3.63, 3.8) is 0 Å². The molecule has 1 saturated heterocycles. The molecule has 1 amide bonds. The van der Waals surface area contributed by atoms with E-state index in [2.05, 4.69) is 5.32 Å². The Morgan fingerprint density at radius 1 is 1.33 bits per heavy atom. The van der Waals surface area contributed by atoms with Gasteiger partial charge in [-0.2, -0.15) is 13.2 Å². The SMILES string of the molecule is C[C@@]12C=C[C@@H](O1)[C@@H](C(=O)O)[C@@H]2C(=O)Nc1cccc(C(F)(F)F)c1. The van der Waals surface area contributed by atoms with Gasteiger partial charge in [0.05, 0.1) is 23.2 Å². The molecule has 5 nitrogen and oxygen atoms in total. The van der Waals surface area contributed by atoms with Crippen LogP contribution < -0.4 is 5.32 Å². The first-order valence-electron chi connectivity index (χ1n) is 7.20. The standard InChI is InChI=1S/C16H14F3NO4/c1-15-6-5-10(24-15)11(14(22)23)12(15)13(21)20-9-4-2-3-8(7-9)16(17,18)19/h2-7,10-12H,1H3,(H,20,21)(H,22,23)/t10-,11-,12-,15+/m1/s1. The highest BCUT2D eigenvalue weighted by Crippen LogP contribution is 2.47. The lowest BCUT2D eigenvalue weighted by molar-refractivity contribution is -0.146. The average molecular weight is 341 g/mol. The molecule has 0 spiro atoms. The van der Waals surface area contributed by atoms with Crippen LogP contribution in [0, 0.1) is 11.8 Å². The van der Waals surface area contributed by atoms with E-state index in [1.165, 1.54) is 12.1 Å². The molecule has 0 aliphatic carbocycles. The van der Waals surface area contributed by atoms with E-state index in [1.54, 1.807) is 19.1 Å². The lowest BCUT2D eigenvalue weighted by Gasteiger charge is -2.27. The zero-order valence-electron chi connectivity index (χ0n) is 12.5. The molecule has 2 aliphatic rings. The number of aliphatic carboxylic acids is 1. The van der Waals surface area contributed by atoms with Crippen LogP contribution in [0.2, 0.25) is 0 Å². The molecule has 3 rings (SSSR count). The van der Waals surface area contributed by atoms with Gasteiger partial charge in [-0.05, 0) is 25.1 Å². The summed E-state index contributed by atoms with van der Waals surface area (Å²) in [7, 11) is 0. The van der Waals surface area contributed by atoms with Crippen LogP contribution in [0.1, 0.15) is 12.5 Å². The molecular formula is C16H14F3NO4. The number of carboxylic acid groups (broad SMARTS) is 1. The predicted molar refractivity (Wildman–Crippen MR) is 77.1 cm³/mol. The minimum absolute atomic E-state index is 0.0469. The van der Waals surface area contributed by atoms with Crippen LogP contribution in [-0.4, -0.2) is 28.7 Å². The zero-order chi connectivity index (χ0) is 17.7. The van der Waals surface area contributed by atoms with Gasteiger partial charge in [-0.15, -0.1) is 0 Å². The number of rotatable bonds is 3. The van der Waals surface area contributed by atoms with Crippen LogP contribution in [-0.2, 0) is 20.5 Å². The molecule has 0 saturated carbocycles. The third-order valence-corrected chi connectivity index (χ3v) is 4.36. The molecular weight excluding hydrogens is 327 g/mol. The number of benzene rings is 1. The molecule has 1 aromatic rings. The summed E-state index contributed by atoms with van der Waals surface area (Å²) in [6.45, 7) is 1.59. The van der Waals surface area contributed by atoms with Crippen LogP contribution in [0.5, 0.6) is 0 Å². The van der Waals surface area contributed by atoms with Gasteiger partial charge in [0.25, 0.3) is 0 Å². The number of nitrogens with one attached hydrogen (secondary N) is 1. The lowest BCUT2D eigenvalue weighted by Crippen LogP contribution is -2.44. The lowest BCUT2D eigenvalue weighted by atomic mass is 9.75. The first-order chi connectivity index (χ1) is 11.1. The van der Waals surface area contributed by atoms with Gasteiger partial charge in [0.2, 0.25) is 5.91 Å². The Kier molecular flexibility index (Phi) is 3.67. The quantitative estimate of drug-likeness (QED) is 0.829. The third kappa shape index (κ3) is 2.66. The second kappa shape index (κ2) is 5.34. The summed E-state index contributed by atoms with van der Waals surface area (Å²) in [6, 6.07) is 4.18. The van der Waals surface area contributed by atoms with Crippen molar-refractivity contribution in [1.82, 2.24) is 0 Å². The van der Waals surface area contributed by atoms with Crippen molar-refractivity contribution in [3.05, 3.63) is 42.0 Å². The maximum atomic E-state index is 12.7. The topological polar surface area (TPSA) is 75.6 Å². The number of hydrogen-bond donors (Lipinski definition) is 2. The fourth-order valence-corrected chi connectivity index (χ4v) is 3.27. The molecule has 2 aliphatic heterocycles. The van der Waals surface area contributed by atoms with E-state index in [9.17, 15) is 27.9 Å². The Morgan fingerprint density at radius 2 is 2.04 bits per heavy atom. The number of halogens is 3. The molecule has 2 heterocycles. The molecule has 0 radical (unpaired) electrons. The fraction of sp³-hybridized carbons (Fsp3) is 0.375. The number of fused-ring (bicyclic) bond motifs is 2. The molecule has 1 aromatic carbocycles. The van der Waals surface area contributed by atoms with Crippen molar-refractivity contribution in [2.24, 2.45) is 11.8 Å². The van der Waals surface area contributed by atoms with Crippen molar-refractivity contribution >= 4 is 17.6 Å². The van der Waals surface area contributed by atoms with Crippen LogP contribution >= 0.6 is 0 Å². The second-order valence-corrected chi connectivity index (χ2v) is 6.03. The first-order valence-corrected chi connectivity index (χ1v) is 7.20. The summed E-state index contributed by atoms with van der Waals surface area (Å²) in [5.74, 6) is -3.97. The number of alkyl halides is 3. The van der Waals surface area contributed by atoms with Crippen molar-refractivity contribution in [3.8, 4) is 0 Å². The Hall–Kier alpha value is -2.35. The van der Waals surface area contributed by atoms with Crippen LogP contribution in [0.25, 0.3) is 0 Å². The van der Waals surface area contributed by atoms with Gasteiger partial charge in [0.1, 0.15) is 5.92 Å². The number of carbonyl (C=O) groups excluding carboxylic acids is 1.